The summed E-state index contributed by atoms with van der Waals surface area (Å²) in [4.78, 5) is 16.8. The van der Waals surface area contributed by atoms with Gasteiger partial charge in [0.15, 0.2) is 9.84 Å². The molecule has 1 fully saturated rings. The standard InChI is InChI=1S/C22H36N2O3S.ClH/c1-4-14-23(15-7-8-17-24-16-6-5-9-22(24)25)19(2)18-20-10-12-21(13-11-20)28(3,26)27;/h10-13,19H,4-9,14-18H2,1-3H3;1H. The molecule has 1 unspecified atom stereocenters. The fourth-order valence-corrected chi connectivity index (χ4v) is 4.53. The second kappa shape index (κ2) is 12.6. The molecule has 0 aliphatic carbocycles. The summed E-state index contributed by atoms with van der Waals surface area (Å²) in [6, 6.07) is 7.67. The zero-order chi connectivity index (χ0) is 20.6. The number of halogens is 1. The Labute approximate surface area is 183 Å². The Bertz CT molecular complexity index is 722. The lowest BCUT2D eigenvalue weighted by Gasteiger charge is -2.30. The summed E-state index contributed by atoms with van der Waals surface area (Å²) in [6.45, 7) is 8.36. The molecule has 0 radical (unpaired) electrons. The van der Waals surface area contributed by atoms with Gasteiger partial charge in [0.2, 0.25) is 5.91 Å². The van der Waals surface area contributed by atoms with Gasteiger partial charge < -0.3 is 9.80 Å². The quantitative estimate of drug-likeness (QED) is 0.485. The number of rotatable bonds is 11. The first-order chi connectivity index (χ1) is 13.3. The van der Waals surface area contributed by atoms with Crippen molar-refractivity contribution in [3.8, 4) is 0 Å². The van der Waals surface area contributed by atoms with Crippen LogP contribution in [-0.2, 0) is 21.1 Å². The number of hydrogen-bond donors (Lipinski definition) is 0. The second-order valence-electron chi connectivity index (χ2n) is 8.05. The van der Waals surface area contributed by atoms with E-state index in [2.05, 4.69) is 18.7 Å². The second-order valence-corrected chi connectivity index (χ2v) is 10.1. The number of likely N-dealkylation sites (tertiary alicyclic amines) is 1. The van der Waals surface area contributed by atoms with E-state index in [-0.39, 0.29) is 12.4 Å². The number of amides is 1. The topological polar surface area (TPSA) is 57.7 Å². The van der Waals surface area contributed by atoms with E-state index >= 15 is 0 Å². The van der Waals surface area contributed by atoms with Crippen molar-refractivity contribution < 1.29 is 13.2 Å². The van der Waals surface area contributed by atoms with Crippen molar-refractivity contribution in [1.82, 2.24) is 9.80 Å². The van der Waals surface area contributed by atoms with Gasteiger partial charge in [-0.3, -0.25) is 4.79 Å². The van der Waals surface area contributed by atoms with E-state index in [0.29, 0.717) is 16.8 Å². The molecule has 1 amide bonds. The molecule has 0 spiro atoms. The highest BCUT2D eigenvalue weighted by molar-refractivity contribution is 7.90. The third-order valence-electron chi connectivity index (χ3n) is 5.56. The van der Waals surface area contributed by atoms with E-state index in [1.54, 1.807) is 12.1 Å². The van der Waals surface area contributed by atoms with E-state index < -0.39 is 9.84 Å². The van der Waals surface area contributed by atoms with Crippen LogP contribution in [0.3, 0.4) is 0 Å². The van der Waals surface area contributed by atoms with Gasteiger partial charge >= 0.3 is 0 Å². The number of piperidine rings is 1. The summed E-state index contributed by atoms with van der Waals surface area (Å²) in [5, 5.41) is 0. The predicted molar refractivity (Wildman–Crippen MR) is 121 cm³/mol. The molecule has 0 aromatic heterocycles. The number of carbonyl (C=O) groups excluding carboxylic acids is 1. The summed E-state index contributed by atoms with van der Waals surface area (Å²) in [5.41, 5.74) is 1.17. The van der Waals surface area contributed by atoms with Gasteiger partial charge in [0.1, 0.15) is 0 Å². The minimum absolute atomic E-state index is 0. The molecule has 1 aromatic rings. The van der Waals surface area contributed by atoms with Crippen molar-refractivity contribution in [2.75, 3.05) is 32.4 Å². The Hall–Kier alpha value is -1.11. The van der Waals surface area contributed by atoms with E-state index in [1.165, 1.54) is 11.8 Å². The molecule has 0 N–H and O–H groups in total. The van der Waals surface area contributed by atoms with Crippen LogP contribution in [-0.4, -0.2) is 62.6 Å². The first kappa shape index (κ1) is 25.9. The van der Waals surface area contributed by atoms with Crippen molar-refractivity contribution >= 4 is 28.2 Å². The maximum atomic E-state index is 11.9. The number of sulfone groups is 1. The Morgan fingerprint density at radius 2 is 1.79 bits per heavy atom. The lowest BCUT2D eigenvalue weighted by molar-refractivity contribution is -0.133. The number of unbranched alkanes of at least 4 members (excludes halogenated alkanes) is 1. The molecule has 0 saturated carbocycles. The highest BCUT2D eigenvalue weighted by Gasteiger charge is 2.18. The fraction of sp³-hybridized carbons (Fsp3) is 0.682. The Balaban J connectivity index is 0.00000420. The number of nitrogens with zero attached hydrogens (tertiary/aromatic N) is 2. The maximum absolute atomic E-state index is 11.9. The van der Waals surface area contributed by atoms with E-state index in [9.17, 15) is 13.2 Å². The summed E-state index contributed by atoms with van der Waals surface area (Å²) in [5.74, 6) is 0.322. The van der Waals surface area contributed by atoms with Crippen molar-refractivity contribution in [3.05, 3.63) is 29.8 Å². The van der Waals surface area contributed by atoms with Gasteiger partial charge in [-0.15, -0.1) is 12.4 Å². The average Bonchev–Trinajstić information content (AvgIpc) is 2.65. The molecule has 7 heteroatoms. The van der Waals surface area contributed by atoms with E-state index in [0.717, 1.165) is 71.1 Å². The van der Waals surface area contributed by atoms with Gasteiger partial charge in [-0.25, -0.2) is 8.42 Å². The molecule has 1 heterocycles. The van der Waals surface area contributed by atoms with Gasteiger partial charge in [0.25, 0.3) is 0 Å². The molecule has 2 rings (SSSR count). The zero-order valence-electron chi connectivity index (χ0n) is 18.1. The Kier molecular flexibility index (Phi) is 11.2. The molecule has 1 saturated heterocycles. The van der Waals surface area contributed by atoms with Crippen molar-refractivity contribution in [1.29, 1.82) is 0 Å². The highest BCUT2D eigenvalue weighted by atomic mass is 35.5. The summed E-state index contributed by atoms with van der Waals surface area (Å²) in [7, 11) is -3.14. The fourth-order valence-electron chi connectivity index (χ4n) is 3.90. The van der Waals surface area contributed by atoms with Gasteiger partial charge in [0.05, 0.1) is 4.90 Å². The van der Waals surface area contributed by atoms with Gasteiger partial charge in [-0.2, -0.15) is 0 Å². The van der Waals surface area contributed by atoms with Crippen LogP contribution >= 0.6 is 12.4 Å². The molecule has 1 aromatic carbocycles. The predicted octanol–water partition coefficient (Wildman–Crippen LogP) is 3.95. The Morgan fingerprint density at radius 1 is 1.10 bits per heavy atom. The van der Waals surface area contributed by atoms with E-state index in [1.807, 2.05) is 17.0 Å². The molecular weight excluding hydrogens is 408 g/mol. The summed E-state index contributed by atoms with van der Waals surface area (Å²) in [6.07, 6.45) is 8.33. The first-order valence-electron chi connectivity index (χ1n) is 10.6. The van der Waals surface area contributed by atoms with Crippen molar-refractivity contribution in [2.45, 2.75) is 69.7 Å². The molecule has 1 aliphatic rings. The van der Waals surface area contributed by atoms with Crippen LogP contribution in [0, 0.1) is 0 Å². The third kappa shape index (κ3) is 8.65. The average molecular weight is 445 g/mol. The Morgan fingerprint density at radius 3 is 2.38 bits per heavy atom. The zero-order valence-corrected chi connectivity index (χ0v) is 19.7. The molecule has 1 atom stereocenters. The molecule has 166 valence electrons. The van der Waals surface area contributed by atoms with Crippen LogP contribution in [0.2, 0.25) is 0 Å². The smallest absolute Gasteiger partial charge is 0.222 e. The molecular formula is C22H37ClN2O3S. The van der Waals surface area contributed by atoms with Crippen LogP contribution in [0.15, 0.2) is 29.2 Å². The van der Waals surface area contributed by atoms with Crippen molar-refractivity contribution in [2.24, 2.45) is 0 Å². The number of carbonyl (C=O) groups is 1. The van der Waals surface area contributed by atoms with Crippen molar-refractivity contribution in [3.63, 3.8) is 0 Å². The third-order valence-corrected chi connectivity index (χ3v) is 6.69. The lowest BCUT2D eigenvalue weighted by Crippen LogP contribution is -2.38. The van der Waals surface area contributed by atoms with E-state index in [4.69, 9.17) is 0 Å². The van der Waals surface area contributed by atoms with Crippen LogP contribution in [0.25, 0.3) is 0 Å². The van der Waals surface area contributed by atoms with Crippen LogP contribution in [0.4, 0.5) is 0 Å². The normalized spacial score (nSPS) is 16.0. The molecule has 29 heavy (non-hydrogen) atoms. The monoisotopic (exact) mass is 444 g/mol. The SMILES string of the molecule is CCCN(CCCCN1CCCCC1=O)C(C)Cc1ccc(S(C)(=O)=O)cc1.Cl. The number of hydrogen-bond acceptors (Lipinski definition) is 4. The van der Waals surface area contributed by atoms with Crippen LogP contribution in [0.5, 0.6) is 0 Å². The lowest BCUT2D eigenvalue weighted by atomic mass is 10.1. The minimum Gasteiger partial charge on any atom is -0.343 e. The van der Waals surface area contributed by atoms with Gasteiger partial charge in [-0.1, -0.05) is 19.1 Å². The molecule has 5 nitrogen and oxygen atoms in total. The summed E-state index contributed by atoms with van der Waals surface area (Å²) < 4.78 is 23.2. The largest absolute Gasteiger partial charge is 0.343 e. The molecule has 0 bridgehead atoms. The maximum Gasteiger partial charge on any atom is 0.222 e. The van der Waals surface area contributed by atoms with Crippen LogP contribution in [0.1, 0.15) is 57.9 Å². The van der Waals surface area contributed by atoms with Gasteiger partial charge in [-0.05, 0) is 76.2 Å². The highest BCUT2D eigenvalue weighted by Crippen LogP contribution is 2.15. The number of benzene rings is 1. The molecule has 1 aliphatic heterocycles. The minimum atomic E-state index is -3.14. The first-order valence-corrected chi connectivity index (χ1v) is 12.5. The van der Waals surface area contributed by atoms with Crippen LogP contribution < -0.4 is 0 Å². The van der Waals surface area contributed by atoms with Gasteiger partial charge in [0, 0.05) is 31.8 Å². The summed E-state index contributed by atoms with van der Waals surface area (Å²) >= 11 is 0.